The van der Waals surface area contributed by atoms with Gasteiger partial charge in [-0.05, 0) is 24.1 Å². The maximum absolute atomic E-state index is 6.30. The molecular weight excluding hydrogens is 360 g/mol. The molecule has 2 aromatic rings. The predicted molar refractivity (Wildman–Crippen MR) is 78.2 cm³/mol. The lowest BCUT2D eigenvalue weighted by atomic mass is 10.1. The van der Waals surface area contributed by atoms with Crippen LogP contribution >= 0.6 is 31.9 Å². The molecule has 0 bridgehead atoms. The second-order valence-corrected chi connectivity index (χ2v) is 5.80. The van der Waals surface area contributed by atoms with Gasteiger partial charge in [-0.25, -0.2) is 4.68 Å². The molecule has 96 valence electrons. The molecule has 4 nitrogen and oxygen atoms in total. The number of aromatic nitrogens is 3. The van der Waals surface area contributed by atoms with Crippen molar-refractivity contribution < 1.29 is 0 Å². The zero-order chi connectivity index (χ0) is 13.1. The van der Waals surface area contributed by atoms with E-state index >= 15 is 0 Å². The Morgan fingerprint density at radius 2 is 2.17 bits per heavy atom. The average Bonchev–Trinajstić information content (AvgIpc) is 2.77. The Balaban J connectivity index is 2.35. The lowest BCUT2D eigenvalue weighted by Crippen LogP contribution is -2.18. The van der Waals surface area contributed by atoms with Gasteiger partial charge >= 0.3 is 0 Å². The molecule has 0 saturated carbocycles. The maximum Gasteiger partial charge on any atom is 0.0800 e. The van der Waals surface area contributed by atoms with E-state index in [0.29, 0.717) is 0 Å². The normalized spacial score (nSPS) is 12.7. The van der Waals surface area contributed by atoms with E-state index in [1.807, 2.05) is 22.9 Å². The molecule has 1 aromatic heterocycles. The standard InChI is InChI=1S/C12H14Br2N4/c1-2-5-18-11(7-16-17-18)12(15)9-4-3-8(13)6-10(9)14/h3-4,6-7,12H,2,5,15H2,1H3. The Morgan fingerprint density at radius 1 is 1.39 bits per heavy atom. The van der Waals surface area contributed by atoms with Gasteiger partial charge in [-0.15, -0.1) is 5.10 Å². The van der Waals surface area contributed by atoms with E-state index in [-0.39, 0.29) is 6.04 Å². The first-order valence-electron chi connectivity index (χ1n) is 5.72. The van der Waals surface area contributed by atoms with Gasteiger partial charge in [0, 0.05) is 15.5 Å². The van der Waals surface area contributed by atoms with Gasteiger partial charge in [-0.1, -0.05) is 50.1 Å². The minimum Gasteiger partial charge on any atom is -0.319 e. The van der Waals surface area contributed by atoms with E-state index in [0.717, 1.165) is 33.2 Å². The van der Waals surface area contributed by atoms with Crippen molar-refractivity contribution in [1.82, 2.24) is 15.0 Å². The van der Waals surface area contributed by atoms with Crippen LogP contribution in [-0.4, -0.2) is 15.0 Å². The van der Waals surface area contributed by atoms with Gasteiger partial charge in [-0.3, -0.25) is 0 Å². The number of rotatable bonds is 4. The van der Waals surface area contributed by atoms with Crippen LogP contribution in [0.4, 0.5) is 0 Å². The van der Waals surface area contributed by atoms with E-state index in [4.69, 9.17) is 5.73 Å². The van der Waals surface area contributed by atoms with Crippen molar-refractivity contribution in [3.05, 3.63) is 44.6 Å². The molecule has 0 amide bonds. The molecule has 0 fully saturated rings. The Hall–Kier alpha value is -0.720. The third kappa shape index (κ3) is 2.81. The van der Waals surface area contributed by atoms with E-state index in [1.165, 1.54) is 0 Å². The third-order valence-corrected chi connectivity index (χ3v) is 3.88. The van der Waals surface area contributed by atoms with Gasteiger partial charge in [0.2, 0.25) is 0 Å². The third-order valence-electron chi connectivity index (χ3n) is 2.70. The number of nitrogens with two attached hydrogens (primary N) is 1. The van der Waals surface area contributed by atoms with Crippen molar-refractivity contribution in [2.45, 2.75) is 25.9 Å². The van der Waals surface area contributed by atoms with Crippen LogP contribution in [0.3, 0.4) is 0 Å². The Bertz CT molecular complexity index is 539. The Labute approximate surface area is 123 Å². The van der Waals surface area contributed by atoms with Gasteiger partial charge in [0.1, 0.15) is 0 Å². The highest BCUT2D eigenvalue weighted by Gasteiger charge is 2.17. The summed E-state index contributed by atoms with van der Waals surface area (Å²) in [4.78, 5) is 0. The number of nitrogens with zero attached hydrogens (tertiary/aromatic N) is 3. The SMILES string of the molecule is CCCn1nncc1C(N)c1ccc(Br)cc1Br. The number of hydrogen-bond acceptors (Lipinski definition) is 3. The lowest BCUT2D eigenvalue weighted by molar-refractivity contribution is 0.543. The first kappa shape index (κ1) is 13.7. The summed E-state index contributed by atoms with van der Waals surface area (Å²) in [5, 5.41) is 8.00. The maximum atomic E-state index is 6.30. The van der Waals surface area contributed by atoms with Gasteiger partial charge in [0.05, 0.1) is 17.9 Å². The first-order chi connectivity index (χ1) is 8.63. The quantitative estimate of drug-likeness (QED) is 0.894. The van der Waals surface area contributed by atoms with Crippen LogP contribution in [0.15, 0.2) is 33.3 Å². The highest BCUT2D eigenvalue weighted by atomic mass is 79.9. The van der Waals surface area contributed by atoms with Crippen LogP contribution in [0.1, 0.15) is 30.6 Å². The summed E-state index contributed by atoms with van der Waals surface area (Å²) < 4.78 is 3.86. The molecular formula is C12H14Br2N4. The van der Waals surface area contributed by atoms with Crippen molar-refractivity contribution >= 4 is 31.9 Å². The van der Waals surface area contributed by atoms with Gasteiger partial charge in [0.15, 0.2) is 0 Å². The molecule has 1 heterocycles. The predicted octanol–water partition coefficient (Wildman–Crippen LogP) is 3.26. The monoisotopic (exact) mass is 372 g/mol. The van der Waals surface area contributed by atoms with Gasteiger partial charge in [0.25, 0.3) is 0 Å². The Kier molecular flexibility index (Phi) is 4.53. The highest BCUT2D eigenvalue weighted by molar-refractivity contribution is 9.11. The zero-order valence-corrected chi connectivity index (χ0v) is 13.1. The number of hydrogen-bond donors (Lipinski definition) is 1. The molecule has 0 aliphatic carbocycles. The van der Waals surface area contributed by atoms with Crippen LogP contribution in [-0.2, 0) is 6.54 Å². The van der Waals surface area contributed by atoms with Gasteiger partial charge in [-0.2, -0.15) is 0 Å². The van der Waals surface area contributed by atoms with Crippen molar-refractivity contribution in [2.75, 3.05) is 0 Å². The molecule has 6 heteroatoms. The zero-order valence-electron chi connectivity index (χ0n) is 9.98. The molecule has 1 aromatic carbocycles. The molecule has 0 radical (unpaired) electrons. The van der Waals surface area contributed by atoms with E-state index < -0.39 is 0 Å². The fraction of sp³-hybridized carbons (Fsp3) is 0.333. The van der Waals surface area contributed by atoms with Crippen molar-refractivity contribution in [3.63, 3.8) is 0 Å². The Morgan fingerprint density at radius 3 is 2.83 bits per heavy atom. The van der Waals surface area contributed by atoms with Crippen molar-refractivity contribution in [2.24, 2.45) is 5.73 Å². The average molecular weight is 374 g/mol. The fourth-order valence-electron chi connectivity index (χ4n) is 1.81. The van der Waals surface area contributed by atoms with Crippen molar-refractivity contribution in [3.8, 4) is 0 Å². The molecule has 0 spiro atoms. The molecule has 2 rings (SSSR count). The van der Waals surface area contributed by atoms with E-state index in [2.05, 4.69) is 49.1 Å². The van der Waals surface area contributed by atoms with Gasteiger partial charge < -0.3 is 5.73 Å². The lowest BCUT2D eigenvalue weighted by Gasteiger charge is -2.15. The summed E-state index contributed by atoms with van der Waals surface area (Å²) in [5.41, 5.74) is 8.25. The van der Waals surface area contributed by atoms with Crippen LogP contribution in [0.25, 0.3) is 0 Å². The van der Waals surface area contributed by atoms with Crippen LogP contribution < -0.4 is 5.73 Å². The molecule has 0 aliphatic rings. The summed E-state index contributed by atoms with van der Waals surface area (Å²) in [6, 6.07) is 5.74. The van der Waals surface area contributed by atoms with Crippen LogP contribution in [0.5, 0.6) is 0 Å². The second kappa shape index (κ2) is 5.95. The summed E-state index contributed by atoms with van der Waals surface area (Å²) in [5.74, 6) is 0. The van der Waals surface area contributed by atoms with E-state index in [9.17, 15) is 0 Å². The summed E-state index contributed by atoms with van der Waals surface area (Å²) in [7, 11) is 0. The van der Waals surface area contributed by atoms with Crippen LogP contribution in [0.2, 0.25) is 0 Å². The number of benzene rings is 1. The summed E-state index contributed by atoms with van der Waals surface area (Å²) in [6.07, 6.45) is 2.74. The van der Waals surface area contributed by atoms with E-state index in [1.54, 1.807) is 6.20 Å². The van der Waals surface area contributed by atoms with Crippen molar-refractivity contribution in [1.29, 1.82) is 0 Å². The molecule has 2 N–H and O–H groups in total. The first-order valence-corrected chi connectivity index (χ1v) is 7.31. The largest absolute Gasteiger partial charge is 0.319 e. The molecule has 1 unspecified atom stereocenters. The summed E-state index contributed by atoms with van der Waals surface area (Å²) >= 11 is 6.97. The summed E-state index contributed by atoms with van der Waals surface area (Å²) in [6.45, 7) is 2.93. The number of halogens is 2. The second-order valence-electron chi connectivity index (χ2n) is 4.03. The molecule has 1 atom stereocenters. The highest BCUT2D eigenvalue weighted by Crippen LogP contribution is 2.29. The van der Waals surface area contributed by atoms with Crippen LogP contribution in [0, 0.1) is 0 Å². The molecule has 0 saturated heterocycles. The fourth-order valence-corrected chi connectivity index (χ4v) is 3.10. The molecule has 0 aliphatic heterocycles. The number of aryl methyl sites for hydroxylation is 1. The molecule has 18 heavy (non-hydrogen) atoms. The topological polar surface area (TPSA) is 56.7 Å². The minimum atomic E-state index is -0.228. The minimum absolute atomic E-state index is 0.228. The smallest absolute Gasteiger partial charge is 0.0800 e.